The number of hydrogen-bond donors (Lipinski definition) is 0. The summed E-state index contributed by atoms with van der Waals surface area (Å²) in [5, 5.41) is 0. The molecule has 0 aliphatic carbocycles. The molecule has 0 aliphatic heterocycles. The van der Waals surface area contributed by atoms with Gasteiger partial charge in [0.2, 0.25) is 0 Å². The predicted octanol–water partition coefficient (Wildman–Crippen LogP) is 30.7. The number of rotatable bonds is 23. The molecule has 0 fully saturated rings. The summed E-state index contributed by atoms with van der Waals surface area (Å²) in [5.41, 5.74) is 35.8. The first-order valence-corrected chi connectivity index (χ1v) is 48.6. The molecule has 9 aromatic heterocycles. The first kappa shape index (κ1) is 112. The van der Waals surface area contributed by atoms with Crippen molar-refractivity contribution in [3.63, 3.8) is 0 Å². The Bertz CT molecular complexity index is 7340. The Kier molecular flexibility index (Phi) is 45.7. The third-order valence-corrected chi connectivity index (χ3v) is 23.7. The molecule has 148 heavy (non-hydrogen) atoms. The molecule has 0 saturated heterocycles. The zero-order valence-corrected chi connectivity index (χ0v) is 92.2. The van der Waals surface area contributed by atoms with Crippen LogP contribution in [0.2, 0.25) is 0 Å². The molecular weight excluding hydrogens is 2520 g/mol. The second-order valence-electron chi connectivity index (χ2n) is 34.5. The van der Waals surface area contributed by atoms with Gasteiger partial charge in [0.25, 0.3) is 0 Å². The van der Waals surface area contributed by atoms with Gasteiger partial charge in [-0.15, -0.1) is 299 Å². The number of aromatic nitrogens is 9. The normalized spacial score (nSPS) is 10.2. The van der Waals surface area contributed by atoms with Crippen molar-refractivity contribution in [3.05, 3.63) is 603 Å². The van der Waals surface area contributed by atoms with Crippen molar-refractivity contribution < 1.29 is 85.0 Å². The summed E-state index contributed by atoms with van der Waals surface area (Å²) in [7, 11) is 0. The van der Waals surface area contributed by atoms with Crippen LogP contribution in [0.1, 0.15) is 64.0 Å². The van der Waals surface area contributed by atoms with Crippen LogP contribution in [0.15, 0.2) is 492 Å². The molecule has 0 unspecified atom stereocenters. The molecule has 9 heterocycles. The fourth-order valence-corrected chi connectivity index (χ4v) is 16.2. The van der Waals surface area contributed by atoms with E-state index in [9.17, 15) is 0 Å². The summed E-state index contributed by atoms with van der Waals surface area (Å²) in [4.78, 5) is 36.0. The Balaban J connectivity index is 0.000000164. The van der Waals surface area contributed by atoms with E-state index in [1.54, 1.807) is 18.6 Å². The van der Waals surface area contributed by atoms with Crippen molar-refractivity contribution in [3.8, 4) is 129 Å². The van der Waals surface area contributed by atoms with Crippen LogP contribution in [-0.4, -0.2) is 39.9 Å². The zero-order valence-electron chi connectivity index (χ0n) is 82.7. The van der Waals surface area contributed by atoms with Gasteiger partial charge in [0.05, 0.1) is 6.20 Å². The summed E-state index contributed by atoms with van der Waals surface area (Å²) < 4.78 is 1.99. The maximum Gasteiger partial charge on any atom is 0.150 e. The van der Waals surface area contributed by atoms with Crippen molar-refractivity contribution in [1.29, 1.82) is 0 Å². The molecule has 0 saturated carbocycles. The van der Waals surface area contributed by atoms with Crippen LogP contribution in [-0.2, 0) is 125 Å². The summed E-state index contributed by atoms with van der Waals surface area (Å²) in [6.45, 7) is 8.66. The molecule has 4 radical (unpaired) electrons. The molecule has 0 bridgehead atoms. The SMILES string of the molecule is CC(C)Cc1cccc(-c2[c-]cccc2)n1.Cc1cc(-c2[c-]cccc2)ncc1-c1ccccc1.Cc1ccccc1-c1ccc(-c2[c-]cccc2)nc1.[Ir].[Ir].[Ir].[Ir].[c-]1ccc(-c2ccccc2)cc1-c1ccccn1.[c-]1ccccc1-c1ccc(CCc2ccc(CCc3cc[c-]c(-[n+]4[c-]cccc4)c3)cc2CCc2ccc(-c3[c-]cccc3)nc2)cn1.[c-]1ccccc1-c1ccccn1.[c-]1ccccc1-c1ccccn1. The molecule has 0 aliphatic rings. The second-order valence-corrected chi connectivity index (χ2v) is 34.5. The molecule has 9 nitrogen and oxygen atoms in total. The van der Waals surface area contributed by atoms with E-state index >= 15 is 0 Å². The van der Waals surface area contributed by atoms with Gasteiger partial charge in [0.1, 0.15) is 6.20 Å². The zero-order chi connectivity index (χ0) is 98.6. The Labute approximate surface area is 927 Å². The summed E-state index contributed by atoms with van der Waals surface area (Å²) >= 11 is 0. The molecule has 0 spiro atoms. The average molecular weight is 2630 g/mol. The summed E-state index contributed by atoms with van der Waals surface area (Å²) in [6, 6.07) is 178. The average Bonchev–Trinajstić information content (AvgIpc) is 0.835. The van der Waals surface area contributed by atoms with Gasteiger partial charge in [0, 0.05) is 141 Å². The molecule has 0 atom stereocenters. The van der Waals surface area contributed by atoms with E-state index in [-0.39, 0.29) is 80.4 Å². The second kappa shape index (κ2) is 60.7. The standard InChI is InChI=1S/C45H36N3.2C18H14N.C17H12N.C15H16N.2C11H8N.4Ir/c1-4-12-40(13-5-1)44-27-22-37(33-46-44)20-25-39-24-19-36(18-17-35-11-10-16-43(32-35)48-29-8-3-9-30-48)31-42(39)26-21-38-23-28-45(47-34-38)41-14-6-2-7-15-41;1-14-12-18(16-10-6-3-7-11-16)19-13-17(14)15-8-4-2-5-9-15;1-14-7-5-6-10-17(14)16-11-12-18(19-13-16)15-8-3-2-4-9-15;1-2-7-14(8-3-1)15-9-6-10-16(13-15)17-11-4-5-12-18-17;1-12(2)11-14-9-6-10-15(16-14)13-7-4-3-5-8-13;2*1-2-6-10(7-3-1)11-8-4-5-9-12-11;;;;/h1-12,14,19,22-24,27-29,31-34H,17-18,20-21,25-26H2;2-10,12-13H,1H3;2-8,10-13H,1H3;1-9,11-13H;3-7,9-10,12H,11H2,1-2H3;2*1-6,8-9H;;;;/q-3;6*-1;;;;. The molecule has 22 aromatic rings. The van der Waals surface area contributed by atoms with Crippen LogP contribution in [0.5, 0.6) is 0 Å². The van der Waals surface area contributed by atoms with Crippen molar-refractivity contribution in [2.45, 2.75) is 72.6 Å². The van der Waals surface area contributed by atoms with Gasteiger partial charge in [0.15, 0.2) is 0 Å². The third kappa shape index (κ3) is 34.5. The molecule has 0 amide bonds. The van der Waals surface area contributed by atoms with E-state index in [1.165, 1.54) is 72.3 Å². The molecule has 22 rings (SSSR count). The minimum absolute atomic E-state index is 0. The maximum absolute atomic E-state index is 4.75. The number of benzene rings is 13. The third-order valence-electron chi connectivity index (χ3n) is 23.7. The quantitative estimate of drug-likeness (QED) is 0.0460. The van der Waals surface area contributed by atoms with E-state index in [2.05, 4.69) is 270 Å². The van der Waals surface area contributed by atoms with Crippen LogP contribution in [0, 0.1) is 80.6 Å². The Morgan fingerprint density at radius 1 is 0.236 bits per heavy atom. The summed E-state index contributed by atoms with van der Waals surface area (Å²) in [6.07, 6.45) is 25.3. The Morgan fingerprint density at radius 3 is 1.09 bits per heavy atom. The summed E-state index contributed by atoms with van der Waals surface area (Å²) in [5.74, 6) is 0.641. The number of nitrogens with zero attached hydrogens (tertiary/aromatic N) is 9. The van der Waals surface area contributed by atoms with Crippen molar-refractivity contribution in [2.75, 3.05) is 0 Å². The fourth-order valence-electron chi connectivity index (χ4n) is 16.2. The number of hydrogen-bond acceptors (Lipinski definition) is 8. The van der Waals surface area contributed by atoms with Crippen molar-refractivity contribution >= 4 is 0 Å². The van der Waals surface area contributed by atoms with Crippen molar-refractivity contribution in [1.82, 2.24) is 39.9 Å². The van der Waals surface area contributed by atoms with E-state index in [0.717, 1.165) is 152 Å². The van der Waals surface area contributed by atoms with Crippen LogP contribution < -0.4 is 4.57 Å². The fraction of sp³-hybridized carbons (Fsp3) is 0.0889. The minimum atomic E-state index is 0. The van der Waals surface area contributed by atoms with Gasteiger partial charge in [-0.1, -0.05) is 220 Å². The van der Waals surface area contributed by atoms with Crippen LogP contribution in [0.3, 0.4) is 0 Å². The van der Waals surface area contributed by atoms with E-state index in [0.29, 0.717) is 5.92 Å². The number of pyridine rings is 9. The molecule has 738 valence electrons. The van der Waals surface area contributed by atoms with Crippen LogP contribution in [0.4, 0.5) is 0 Å². The first-order valence-electron chi connectivity index (χ1n) is 48.6. The van der Waals surface area contributed by atoms with Gasteiger partial charge in [-0.2, -0.15) is 23.8 Å². The predicted molar refractivity (Wildman–Crippen MR) is 587 cm³/mol. The van der Waals surface area contributed by atoms with E-state index in [1.807, 2.05) is 327 Å². The largest absolute Gasteiger partial charge is 0.307 e. The number of aryl methyl sites for hydroxylation is 8. The Morgan fingerprint density at radius 2 is 0.642 bits per heavy atom. The van der Waals surface area contributed by atoms with E-state index < -0.39 is 0 Å². The van der Waals surface area contributed by atoms with Gasteiger partial charge < -0.3 is 44.4 Å². The van der Waals surface area contributed by atoms with Crippen molar-refractivity contribution in [2.24, 2.45) is 5.92 Å². The minimum Gasteiger partial charge on any atom is -0.307 e. The molecule has 13 heteroatoms. The monoisotopic (exact) mass is 2630 g/mol. The molecule has 0 N–H and O–H groups in total. The van der Waals surface area contributed by atoms with Gasteiger partial charge in [-0.3, -0.25) is 0 Å². The van der Waals surface area contributed by atoms with Gasteiger partial charge >= 0.3 is 0 Å². The first-order chi connectivity index (χ1) is 71.1. The maximum atomic E-state index is 4.75. The molecule has 13 aromatic carbocycles. The van der Waals surface area contributed by atoms with Gasteiger partial charge in [-0.05, 0) is 196 Å². The Hall–Kier alpha value is -15.2. The van der Waals surface area contributed by atoms with Crippen LogP contribution >= 0.6 is 0 Å². The van der Waals surface area contributed by atoms with E-state index in [4.69, 9.17) is 9.97 Å². The van der Waals surface area contributed by atoms with Crippen LogP contribution in [0.25, 0.3) is 129 Å². The smallest absolute Gasteiger partial charge is 0.150 e. The van der Waals surface area contributed by atoms with Gasteiger partial charge in [-0.25, -0.2) is 0 Å². The topological polar surface area (TPSA) is 107 Å². The molecular formula is C135H108Ir4N9-9.